The maximum Gasteiger partial charge on any atom is 0.228 e. The van der Waals surface area contributed by atoms with E-state index in [4.69, 9.17) is 15.0 Å². The van der Waals surface area contributed by atoms with Crippen LogP contribution >= 0.6 is 0 Å². The van der Waals surface area contributed by atoms with Crippen molar-refractivity contribution >= 4 is 0 Å². The largest absolute Gasteiger partial charge is 0.497 e. The van der Waals surface area contributed by atoms with Gasteiger partial charge in [-0.2, -0.15) is 4.98 Å². The molecule has 0 radical (unpaired) electrons. The lowest BCUT2D eigenvalue weighted by molar-refractivity contribution is 0.222. The van der Waals surface area contributed by atoms with Crippen LogP contribution < -0.4 is 10.5 Å². The van der Waals surface area contributed by atoms with Gasteiger partial charge in [-0.25, -0.2) is 0 Å². The van der Waals surface area contributed by atoms with Crippen LogP contribution in [0.3, 0.4) is 0 Å². The summed E-state index contributed by atoms with van der Waals surface area (Å²) in [5.41, 5.74) is 6.92. The zero-order chi connectivity index (χ0) is 13.3. The van der Waals surface area contributed by atoms with Crippen molar-refractivity contribution in [3.63, 3.8) is 0 Å². The summed E-state index contributed by atoms with van der Waals surface area (Å²) in [6.45, 7) is 0. The molecule has 0 saturated heterocycles. The Labute approximate surface area is 111 Å². The van der Waals surface area contributed by atoms with Crippen LogP contribution in [0.15, 0.2) is 28.8 Å². The molecule has 0 unspecified atom stereocenters. The minimum Gasteiger partial charge on any atom is -0.497 e. The molecule has 0 atom stereocenters. The molecule has 2 N–H and O–H groups in total. The smallest absolute Gasteiger partial charge is 0.228 e. The summed E-state index contributed by atoms with van der Waals surface area (Å²) in [6.07, 6.45) is 3.91. The van der Waals surface area contributed by atoms with Crippen molar-refractivity contribution in [3.05, 3.63) is 30.2 Å². The van der Waals surface area contributed by atoms with Gasteiger partial charge in [-0.3, -0.25) is 0 Å². The molecule has 2 aromatic rings. The number of methoxy groups -OCH3 is 1. The van der Waals surface area contributed by atoms with Crippen molar-refractivity contribution in [2.24, 2.45) is 5.73 Å². The Balaban J connectivity index is 1.80. The van der Waals surface area contributed by atoms with Crippen molar-refractivity contribution < 1.29 is 9.26 Å². The molecule has 100 valence electrons. The van der Waals surface area contributed by atoms with Crippen molar-refractivity contribution in [3.8, 4) is 17.1 Å². The van der Waals surface area contributed by atoms with E-state index in [1.807, 2.05) is 24.3 Å². The lowest BCUT2D eigenvalue weighted by Crippen LogP contribution is -2.48. The first-order valence-electron chi connectivity index (χ1n) is 6.44. The number of nitrogens with zero attached hydrogens (tertiary/aromatic N) is 2. The highest BCUT2D eigenvalue weighted by molar-refractivity contribution is 5.56. The van der Waals surface area contributed by atoms with E-state index in [1.165, 1.54) is 6.42 Å². The molecule has 0 amide bonds. The van der Waals surface area contributed by atoms with Gasteiger partial charge >= 0.3 is 0 Å². The molecular formula is C14H17N3O2. The molecule has 0 bridgehead atoms. The molecule has 5 nitrogen and oxygen atoms in total. The van der Waals surface area contributed by atoms with Gasteiger partial charge in [0.1, 0.15) is 5.75 Å². The molecule has 1 aliphatic rings. The third-order valence-electron chi connectivity index (χ3n) is 3.65. The third kappa shape index (κ3) is 2.46. The van der Waals surface area contributed by atoms with Gasteiger partial charge in [0.15, 0.2) is 0 Å². The van der Waals surface area contributed by atoms with E-state index < -0.39 is 0 Å². The second kappa shape index (κ2) is 4.66. The van der Waals surface area contributed by atoms with Gasteiger partial charge in [-0.05, 0) is 31.4 Å². The highest BCUT2D eigenvalue weighted by atomic mass is 16.5. The molecule has 5 heteroatoms. The number of aromatic nitrogens is 2. The summed E-state index contributed by atoms with van der Waals surface area (Å²) in [6, 6.07) is 7.60. The van der Waals surface area contributed by atoms with Crippen LogP contribution in [0, 0.1) is 0 Å². The molecule has 1 aromatic carbocycles. The second-order valence-corrected chi connectivity index (χ2v) is 5.14. The third-order valence-corrected chi connectivity index (χ3v) is 3.65. The van der Waals surface area contributed by atoms with Crippen LogP contribution in [-0.4, -0.2) is 22.8 Å². The number of benzene rings is 1. The number of hydrogen-bond acceptors (Lipinski definition) is 5. The van der Waals surface area contributed by atoms with Gasteiger partial charge in [0.05, 0.1) is 7.11 Å². The molecule has 3 rings (SSSR count). The molecule has 19 heavy (non-hydrogen) atoms. The maximum absolute atomic E-state index is 6.18. The topological polar surface area (TPSA) is 74.2 Å². The predicted molar refractivity (Wildman–Crippen MR) is 70.8 cm³/mol. The van der Waals surface area contributed by atoms with Gasteiger partial charge < -0.3 is 15.0 Å². The first kappa shape index (κ1) is 12.2. The summed E-state index contributed by atoms with van der Waals surface area (Å²) in [4.78, 5) is 4.41. The summed E-state index contributed by atoms with van der Waals surface area (Å²) >= 11 is 0. The molecule has 1 aromatic heterocycles. The van der Waals surface area contributed by atoms with Gasteiger partial charge in [0.2, 0.25) is 11.7 Å². The van der Waals surface area contributed by atoms with Crippen LogP contribution in [0.4, 0.5) is 0 Å². The number of ether oxygens (including phenoxy) is 1. The Bertz CT molecular complexity index is 576. The van der Waals surface area contributed by atoms with Crippen LogP contribution in [0.25, 0.3) is 11.4 Å². The number of hydrogen-bond donors (Lipinski definition) is 1. The van der Waals surface area contributed by atoms with Crippen molar-refractivity contribution in [2.75, 3.05) is 7.11 Å². The minimum absolute atomic E-state index is 0.141. The van der Waals surface area contributed by atoms with E-state index in [0.717, 1.165) is 24.2 Å². The van der Waals surface area contributed by atoms with Crippen LogP contribution in [0.5, 0.6) is 5.75 Å². The monoisotopic (exact) mass is 259 g/mol. The zero-order valence-electron chi connectivity index (χ0n) is 10.9. The van der Waals surface area contributed by atoms with Crippen molar-refractivity contribution in [1.29, 1.82) is 0 Å². The standard InChI is InChI=1S/C14H17N3O2/c1-18-11-5-2-4-10(8-11)13-16-12(19-17-13)9-14(15)6-3-7-14/h2,4-5,8H,3,6-7,9,15H2,1H3. The van der Waals surface area contributed by atoms with Crippen LogP contribution in [0.1, 0.15) is 25.2 Å². The highest BCUT2D eigenvalue weighted by Crippen LogP contribution is 2.32. The Kier molecular flexibility index (Phi) is 2.98. The lowest BCUT2D eigenvalue weighted by atomic mass is 9.75. The van der Waals surface area contributed by atoms with Crippen molar-refractivity contribution in [2.45, 2.75) is 31.2 Å². The lowest BCUT2D eigenvalue weighted by Gasteiger charge is -2.36. The summed E-state index contributed by atoms with van der Waals surface area (Å²) < 4.78 is 10.5. The molecule has 1 aliphatic carbocycles. The number of nitrogens with two attached hydrogens (primary N) is 1. The maximum atomic E-state index is 6.18. The number of rotatable bonds is 4. The SMILES string of the molecule is COc1cccc(-c2noc(CC3(N)CCC3)n2)c1. The molecule has 0 aliphatic heterocycles. The van der Waals surface area contributed by atoms with E-state index in [0.29, 0.717) is 18.1 Å². The molecule has 1 heterocycles. The Morgan fingerprint density at radius 2 is 2.26 bits per heavy atom. The Hall–Kier alpha value is -1.88. The fraction of sp³-hybridized carbons (Fsp3) is 0.429. The van der Waals surface area contributed by atoms with Gasteiger partial charge in [-0.15, -0.1) is 0 Å². The normalized spacial score (nSPS) is 16.9. The fourth-order valence-corrected chi connectivity index (χ4v) is 2.31. The summed E-state index contributed by atoms with van der Waals surface area (Å²) in [5.74, 6) is 1.97. The quantitative estimate of drug-likeness (QED) is 0.910. The Morgan fingerprint density at radius 1 is 1.42 bits per heavy atom. The summed E-state index contributed by atoms with van der Waals surface area (Å²) in [7, 11) is 1.63. The van der Waals surface area contributed by atoms with Crippen LogP contribution in [0.2, 0.25) is 0 Å². The second-order valence-electron chi connectivity index (χ2n) is 5.14. The van der Waals surface area contributed by atoms with Gasteiger partial charge in [-0.1, -0.05) is 17.3 Å². The van der Waals surface area contributed by atoms with E-state index in [1.54, 1.807) is 7.11 Å². The molecule has 1 saturated carbocycles. The molecule has 1 fully saturated rings. The summed E-state index contributed by atoms with van der Waals surface area (Å²) in [5, 5.41) is 4.01. The van der Waals surface area contributed by atoms with Gasteiger partial charge in [0.25, 0.3) is 0 Å². The van der Waals surface area contributed by atoms with E-state index in [9.17, 15) is 0 Å². The highest BCUT2D eigenvalue weighted by Gasteiger charge is 2.34. The van der Waals surface area contributed by atoms with E-state index in [-0.39, 0.29) is 5.54 Å². The first-order valence-corrected chi connectivity index (χ1v) is 6.44. The predicted octanol–water partition coefficient (Wildman–Crippen LogP) is 2.17. The van der Waals surface area contributed by atoms with Gasteiger partial charge in [0, 0.05) is 17.5 Å². The average Bonchev–Trinajstić information content (AvgIpc) is 2.85. The Morgan fingerprint density at radius 3 is 2.95 bits per heavy atom. The minimum atomic E-state index is -0.141. The fourth-order valence-electron chi connectivity index (χ4n) is 2.31. The van der Waals surface area contributed by atoms with E-state index >= 15 is 0 Å². The first-order chi connectivity index (χ1) is 9.18. The molecular weight excluding hydrogens is 242 g/mol. The van der Waals surface area contributed by atoms with E-state index in [2.05, 4.69) is 10.1 Å². The van der Waals surface area contributed by atoms with Crippen molar-refractivity contribution in [1.82, 2.24) is 10.1 Å². The van der Waals surface area contributed by atoms with Crippen LogP contribution in [-0.2, 0) is 6.42 Å². The average molecular weight is 259 g/mol. The zero-order valence-corrected chi connectivity index (χ0v) is 10.9. The molecule has 0 spiro atoms.